The van der Waals surface area contributed by atoms with Gasteiger partial charge in [0.15, 0.2) is 11.5 Å². The molecule has 1 saturated heterocycles. The van der Waals surface area contributed by atoms with Crippen LogP contribution in [0.5, 0.6) is 11.5 Å². The Morgan fingerprint density at radius 2 is 2.16 bits per heavy atom. The predicted octanol–water partition coefficient (Wildman–Crippen LogP) is 2.65. The minimum absolute atomic E-state index is 0.00342. The fourth-order valence-corrected chi connectivity index (χ4v) is 2.94. The lowest BCUT2D eigenvalue weighted by Gasteiger charge is -2.31. The van der Waals surface area contributed by atoms with E-state index in [4.69, 9.17) is 4.74 Å². The summed E-state index contributed by atoms with van der Waals surface area (Å²) in [6, 6.07) is 4.78. The standard InChI is InChI=1S/C14H18BrNO3/c1-19-13-3-2-11(8-12(13)17)14(18)16-6-4-10(9-15)5-7-16/h2-3,8,10,17H,4-7,9H2,1H3. The van der Waals surface area contributed by atoms with Crippen LogP contribution in [0.15, 0.2) is 18.2 Å². The molecule has 0 atom stereocenters. The first-order valence-corrected chi connectivity index (χ1v) is 7.50. The number of alkyl halides is 1. The summed E-state index contributed by atoms with van der Waals surface area (Å²) in [5, 5.41) is 10.7. The van der Waals surface area contributed by atoms with Crippen molar-refractivity contribution in [2.45, 2.75) is 12.8 Å². The summed E-state index contributed by atoms with van der Waals surface area (Å²) < 4.78 is 4.97. The maximum Gasteiger partial charge on any atom is 0.253 e. The van der Waals surface area contributed by atoms with E-state index in [1.54, 1.807) is 12.1 Å². The van der Waals surface area contributed by atoms with Gasteiger partial charge in [-0.15, -0.1) is 0 Å². The van der Waals surface area contributed by atoms with Crippen molar-refractivity contribution in [1.82, 2.24) is 4.90 Å². The van der Waals surface area contributed by atoms with Crippen LogP contribution in [0, 0.1) is 5.92 Å². The lowest BCUT2D eigenvalue weighted by Crippen LogP contribution is -2.38. The highest BCUT2D eigenvalue weighted by Crippen LogP contribution is 2.27. The predicted molar refractivity (Wildman–Crippen MR) is 77.1 cm³/mol. The van der Waals surface area contributed by atoms with Crippen LogP contribution in [0.2, 0.25) is 0 Å². The molecule has 5 heteroatoms. The van der Waals surface area contributed by atoms with Crippen molar-refractivity contribution in [3.63, 3.8) is 0 Å². The third kappa shape index (κ3) is 3.21. The summed E-state index contributed by atoms with van der Waals surface area (Å²) in [4.78, 5) is 14.2. The Labute approximate surface area is 121 Å². The molecule has 1 N–H and O–H groups in total. The van der Waals surface area contributed by atoms with Gasteiger partial charge in [0, 0.05) is 24.0 Å². The van der Waals surface area contributed by atoms with Gasteiger partial charge < -0.3 is 14.7 Å². The Bertz CT molecular complexity index is 456. The second kappa shape index (κ2) is 6.28. The third-order valence-corrected chi connectivity index (χ3v) is 4.46. The van der Waals surface area contributed by atoms with Crippen molar-refractivity contribution in [3.05, 3.63) is 23.8 Å². The molecule has 1 aliphatic heterocycles. The molecular formula is C14H18BrNO3. The van der Waals surface area contributed by atoms with Crippen molar-refractivity contribution in [2.24, 2.45) is 5.92 Å². The van der Waals surface area contributed by atoms with Crippen LogP contribution in [0.25, 0.3) is 0 Å². The Balaban J connectivity index is 2.06. The fourth-order valence-electron chi connectivity index (χ4n) is 2.30. The zero-order valence-corrected chi connectivity index (χ0v) is 12.5. The molecule has 0 saturated carbocycles. The Kier molecular flexibility index (Phi) is 4.69. The van der Waals surface area contributed by atoms with Crippen LogP contribution in [-0.2, 0) is 0 Å². The normalized spacial score (nSPS) is 16.4. The zero-order chi connectivity index (χ0) is 13.8. The molecule has 1 amide bonds. The number of halogens is 1. The molecule has 0 aromatic heterocycles. The van der Waals surface area contributed by atoms with Crippen LogP contribution >= 0.6 is 15.9 Å². The number of likely N-dealkylation sites (tertiary alicyclic amines) is 1. The number of methoxy groups -OCH3 is 1. The molecule has 4 nitrogen and oxygen atoms in total. The molecule has 0 unspecified atom stereocenters. The van der Waals surface area contributed by atoms with Gasteiger partial charge >= 0.3 is 0 Å². The number of benzene rings is 1. The van der Waals surface area contributed by atoms with Gasteiger partial charge in [-0.1, -0.05) is 15.9 Å². The second-order valence-electron chi connectivity index (χ2n) is 4.78. The summed E-state index contributed by atoms with van der Waals surface area (Å²) in [5.74, 6) is 1.03. The van der Waals surface area contributed by atoms with Gasteiger partial charge in [0.25, 0.3) is 5.91 Å². The molecule has 19 heavy (non-hydrogen) atoms. The van der Waals surface area contributed by atoms with Crippen LogP contribution < -0.4 is 4.74 Å². The van der Waals surface area contributed by atoms with Crippen molar-refractivity contribution >= 4 is 21.8 Å². The smallest absolute Gasteiger partial charge is 0.253 e. The zero-order valence-electron chi connectivity index (χ0n) is 10.9. The van der Waals surface area contributed by atoms with Crippen molar-refractivity contribution < 1.29 is 14.6 Å². The molecule has 1 aromatic carbocycles. The summed E-state index contributed by atoms with van der Waals surface area (Å²) >= 11 is 3.49. The van der Waals surface area contributed by atoms with Gasteiger partial charge in [-0.25, -0.2) is 0 Å². The molecule has 2 rings (SSSR count). The summed E-state index contributed by atoms with van der Waals surface area (Å²) in [6.45, 7) is 1.56. The molecule has 1 aromatic rings. The van der Waals surface area contributed by atoms with E-state index in [1.807, 2.05) is 4.90 Å². The number of amides is 1. The number of hydrogen-bond acceptors (Lipinski definition) is 3. The van der Waals surface area contributed by atoms with Gasteiger partial charge in [-0.3, -0.25) is 4.79 Å². The first kappa shape index (κ1) is 14.2. The number of hydrogen-bond donors (Lipinski definition) is 1. The average molecular weight is 328 g/mol. The van der Waals surface area contributed by atoms with E-state index in [0.29, 0.717) is 17.2 Å². The molecular weight excluding hydrogens is 310 g/mol. The van der Waals surface area contributed by atoms with Gasteiger partial charge in [0.2, 0.25) is 0 Å². The lowest BCUT2D eigenvalue weighted by molar-refractivity contribution is 0.0698. The minimum Gasteiger partial charge on any atom is -0.504 e. The number of nitrogens with zero attached hydrogens (tertiary/aromatic N) is 1. The topological polar surface area (TPSA) is 49.8 Å². The average Bonchev–Trinajstić information content (AvgIpc) is 2.46. The third-order valence-electron chi connectivity index (χ3n) is 3.55. The number of rotatable bonds is 3. The molecule has 0 spiro atoms. The highest BCUT2D eigenvalue weighted by Gasteiger charge is 2.23. The molecule has 0 aliphatic carbocycles. The highest BCUT2D eigenvalue weighted by atomic mass is 79.9. The highest BCUT2D eigenvalue weighted by molar-refractivity contribution is 9.09. The van der Waals surface area contributed by atoms with Crippen LogP contribution in [0.3, 0.4) is 0 Å². The van der Waals surface area contributed by atoms with E-state index in [9.17, 15) is 9.90 Å². The first-order chi connectivity index (χ1) is 9.15. The summed E-state index contributed by atoms with van der Waals surface area (Å²) in [5.41, 5.74) is 0.510. The summed E-state index contributed by atoms with van der Waals surface area (Å²) in [6.07, 6.45) is 2.05. The number of carbonyl (C=O) groups excluding carboxylic acids is 1. The van der Waals surface area contributed by atoms with E-state index in [0.717, 1.165) is 31.3 Å². The van der Waals surface area contributed by atoms with Gasteiger partial charge in [0.05, 0.1) is 7.11 Å². The molecule has 1 fully saturated rings. The van der Waals surface area contributed by atoms with E-state index in [2.05, 4.69) is 15.9 Å². The maximum absolute atomic E-state index is 12.3. The van der Waals surface area contributed by atoms with E-state index in [-0.39, 0.29) is 11.7 Å². The molecule has 0 bridgehead atoms. The number of phenolic OH excluding ortho intramolecular Hbond substituents is 1. The monoisotopic (exact) mass is 327 g/mol. The largest absolute Gasteiger partial charge is 0.504 e. The number of phenols is 1. The SMILES string of the molecule is COc1ccc(C(=O)N2CCC(CBr)CC2)cc1O. The van der Waals surface area contributed by atoms with Crippen molar-refractivity contribution in [2.75, 3.05) is 25.5 Å². The van der Waals surface area contributed by atoms with Crippen LogP contribution in [0.1, 0.15) is 23.2 Å². The lowest BCUT2D eigenvalue weighted by atomic mass is 9.98. The van der Waals surface area contributed by atoms with E-state index >= 15 is 0 Å². The van der Waals surface area contributed by atoms with Crippen LogP contribution in [-0.4, -0.2) is 41.4 Å². The minimum atomic E-state index is -0.0222. The van der Waals surface area contributed by atoms with Gasteiger partial charge in [-0.2, -0.15) is 0 Å². The second-order valence-corrected chi connectivity index (χ2v) is 5.42. The molecule has 1 aliphatic rings. The Hall–Kier alpha value is -1.23. The van der Waals surface area contributed by atoms with Gasteiger partial charge in [-0.05, 0) is 37.0 Å². The molecule has 0 radical (unpaired) electrons. The number of ether oxygens (including phenoxy) is 1. The Morgan fingerprint density at radius 3 is 2.68 bits per heavy atom. The summed E-state index contributed by atoms with van der Waals surface area (Å²) in [7, 11) is 1.49. The molecule has 104 valence electrons. The van der Waals surface area contributed by atoms with E-state index < -0.39 is 0 Å². The number of aromatic hydroxyl groups is 1. The first-order valence-electron chi connectivity index (χ1n) is 6.38. The van der Waals surface area contributed by atoms with Crippen LogP contribution in [0.4, 0.5) is 0 Å². The van der Waals surface area contributed by atoms with Crippen molar-refractivity contribution in [3.8, 4) is 11.5 Å². The quantitative estimate of drug-likeness (QED) is 0.868. The molecule has 1 heterocycles. The van der Waals surface area contributed by atoms with Gasteiger partial charge in [0.1, 0.15) is 0 Å². The number of carbonyl (C=O) groups is 1. The van der Waals surface area contributed by atoms with E-state index in [1.165, 1.54) is 13.2 Å². The maximum atomic E-state index is 12.3. The Morgan fingerprint density at radius 1 is 1.47 bits per heavy atom. The number of piperidine rings is 1. The fraction of sp³-hybridized carbons (Fsp3) is 0.500. The van der Waals surface area contributed by atoms with Crippen molar-refractivity contribution in [1.29, 1.82) is 0 Å².